The fraction of sp³-hybridized carbons (Fsp3) is 1.00. The van der Waals surface area contributed by atoms with Crippen molar-refractivity contribution in [2.24, 2.45) is 35.5 Å². The Hall–Kier alpha value is 1.04. The zero-order valence-electron chi connectivity index (χ0n) is 28.2. The summed E-state index contributed by atoms with van der Waals surface area (Å²) in [5.74, 6) is 0.0436. The molecular formula is C24H57O12Si7. The van der Waals surface area contributed by atoms with Gasteiger partial charge in [-0.25, -0.2) is 0 Å². The SMILES string of the molecule is CC(C)C[Si]1(O)O[Si]2(CC(C)C)O[Si](O)O[Si]3(CC(C)C)O[Si](O)(CC(C)C)O[Si](CC(C)C)(O1)O[Si](CC(C)C)(O2)O3. The quantitative estimate of drug-likeness (QED) is 0.239. The maximum atomic E-state index is 12.4. The first-order valence-electron chi connectivity index (χ1n) is 15.8. The van der Waals surface area contributed by atoms with Crippen LogP contribution in [0.3, 0.4) is 0 Å². The molecule has 0 aromatic carbocycles. The summed E-state index contributed by atoms with van der Waals surface area (Å²) in [7, 11) is -27.5. The zero-order valence-corrected chi connectivity index (χ0v) is 35.2. The zero-order chi connectivity index (χ0) is 32.6. The summed E-state index contributed by atoms with van der Waals surface area (Å²) in [5.41, 5.74) is 0. The standard InChI is InChI=1S/C24H57O12Si7/c1-19(2)13-38(26)30-40(15-21(5)6)28-37(25)29-41(16-22(7)8)31-39(27,14-20(3)4)33-42(32-38,17-23(9)10)36-43(34-40,35-41)18-24(11)12/h19-27H,13-18H2,1-12H3. The Morgan fingerprint density at radius 2 is 0.628 bits per heavy atom. The topological polar surface area (TPSA) is 144 Å². The molecule has 43 heavy (non-hydrogen) atoms. The third-order valence-electron chi connectivity index (χ3n) is 6.64. The van der Waals surface area contributed by atoms with Gasteiger partial charge in [-0.2, -0.15) is 0 Å². The van der Waals surface area contributed by atoms with E-state index in [1.165, 1.54) is 0 Å². The molecule has 0 aliphatic carbocycles. The summed E-state index contributed by atoms with van der Waals surface area (Å²) in [5, 5.41) is 0. The van der Waals surface area contributed by atoms with Gasteiger partial charge >= 0.3 is 62.4 Å². The summed E-state index contributed by atoms with van der Waals surface area (Å²) in [6, 6.07) is 1.56. The predicted octanol–water partition coefficient (Wildman–Crippen LogP) is 4.71. The van der Waals surface area contributed by atoms with E-state index in [2.05, 4.69) is 0 Å². The van der Waals surface area contributed by atoms with Crippen molar-refractivity contribution >= 4 is 62.4 Å². The van der Waals surface area contributed by atoms with Crippen LogP contribution in [-0.2, 0) is 37.0 Å². The van der Waals surface area contributed by atoms with Gasteiger partial charge in [-0.3, -0.25) is 0 Å². The Morgan fingerprint density at radius 1 is 0.395 bits per heavy atom. The second-order valence-electron chi connectivity index (χ2n) is 14.9. The molecule has 0 amide bonds. The average Bonchev–Trinajstić information content (AvgIpc) is 2.65. The van der Waals surface area contributed by atoms with Crippen molar-refractivity contribution in [3.63, 3.8) is 0 Å². The lowest BCUT2D eigenvalue weighted by atomic mass is 10.3. The molecule has 12 nitrogen and oxygen atoms in total. The van der Waals surface area contributed by atoms with Gasteiger partial charge in [0.05, 0.1) is 0 Å². The molecule has 4 bridgehead atoms. The maximum absolute atomic E-state index is 12.4. The molecule has 3 fully saturated rings. The van der Waals surface area contributed by atoms with Gasteiger partial charge < -0.3 is 51.4 Å². The molecule has 4 atom stereocenters. The molecule has 1 radical (unpaired) electrons. The lowest BCUT2D eigenvalue weighted by molar-refractivity contribution is 0.0101. The predicted molar refractivity (Wildman–Crippen MR) is 175 cm³/mol. The van der Waals surface area contributed by atoms with Gasteiger partial charge in [-0.15, -0.1) is 0 Å². The largest absolute Gasteiger partial charge is 0.558 e. The Kier molecular flexibility index (Phi) is 12.8. The van der Waals surface area contributed by atoms with Gasteiger partial charge in [0.15, 0.2) is 0 Å². The Labute approximate surface area is 267 Å². The molecule has 0 spiro atoms. The Bertz CT molecular complexity index is 879. The summed E-state index contributed by atoms with van der Waals surface area (Å²) < 4.78 is 61.3. The molecule has 3 rings (SSSR count). The highest BCUT2D eigenvalue weighted by molar-refractivity contribution is 6.96. The van der Waals surface area contributed by atoms with Crippen LogP contribution in [0.4, 0.5) is 0 Å². The van der Waals surface area contributed by atoms with Gasteiger partial charge in [0, 0.05) is 36.3 Å². The van der Waals surface area contributed by atoms with Crippen LogP contribution in [0.1, 0.15) is 83.1 Å². The van der Waals surface area contributed by atoms with E-state index in [-0.39, 0.29) is 65.7 Å². The number of fused-ring (bicyclic) bond motifs is 3. The number of hydrogen-bond acceptors (Lipinski definition) is 12. The monoisotopic (exact) mass is 733 g/mol. The molecule has 3 heterocycles. The van der Waals surface area contributed by atoms with Gasteiger partial charge in [0.2, 0.25) is 0 Å². The minimum Gasteiger partial charge on any atom is -0.391 e. The van der Waals surface area contributed by atoms with Crippen LogP contribution in [0.25, 0.3) is 0 Å². The third kappa shape index (κ3) is 10.5. The summed E-state index contributed by atoms with van der Waals surface area (Å²) >= 11 is 0. The fourth-order valence-electron chi connectivity index (χ4n) is 5.96. The van der Waals surface area contributed by atoms with Crippen molar-refractivity contribution in [1.29, 1.82) is 0 Å². The highest BCUT2D eigenvalue weighted by Crippen LogP contribution is 2.47. The lowest BCUT2D eigenvalue weighted by Gasteiger charge is -2.56. The van der Waals surface area contributed by atoms with Crippen molar-refractivity contribution in [2.45, 2.75) is 119 Å². The molecule has 3 aliphatic rings. The van der Waals surface area contributed by atoms with E-state index in [1.54, 1.807) is 0 Å². The highest BCUT2D eigenvalue weighted by Gasteiger charge is 2.75. The second kappa shape index (κ2) is 14.3. The average molecular weight is 734 g/mol. The Balaban J connectivity index is 2.41. The van der Waals surface area contributed by atoms with Crippen molar-refractivity contribution < 1.29 is 51.4 Å². The molecule has 3 aliphatic heterocycles. The second-order valence-corrected chi connectivity index (χ2v) is 33.6. The van der Waals surface area contributed by atoms with E-state index in [9.17, 15) is 14.4 Å². The summed E-state index contributed by atoms with van der Waals surface area (Å²) in [6.45, 7) is 24.0. The van der Waals surface area contributed by atoms with Gasteiger partial charge in [-0.05, 0) is 35.5 Å². The first kappa shape index (κ1) is 38.5. The van der Waals surface area contributed by atoms with Crippen LogP contribution in [0.2, 0.25) is 36.3 Å². The van der Waals surface area contributed by atoms with Gasteiger partial charge in [0.1, 0.15) is 0 Å². The first-order chi connectivity index (χ1) is 19.5. The minimum atomic E-state index is -4.21. The van der Waals surface area contributed by atoms with Crippen LogP contribution < -0.4 is 0 Å². The Morgan fingerprint density at radius 3 is 0.930 bits per heavy atom. The van der Waals surface area contributed by atoms with Crippen molar-refractivity contribution in [3.8, 4) is 0 Å². The molecule has 4 unspecified atom stereocenters. The number of rotatable bonds is 12. The van der Waals surface area contributed by atoms with Crippen LogP contribution in [0.15, 0.2) is 0 Å². The normalized spacial score (nSPS) is 39.6. The summed E-state index contributed by atoms with van der Waals surface area (Å²) in [4.78, 5) is 36.2. The summed E-state index contributed by atoms with van der Waals surface area (Å²) in [6.07, 6.45) is 0. The first-order valence-corrected chi connectivity index (χ1v) is 28.8. The molecule has 253 valence electrons. The fourth-order valence-corrected chi connectivity index (χ4v) is 41.1. The molecule has 0 aromatic rings. The van der Waals surface area contributed by atoms with Gasteiger partial charge in [0.25, 0.3) is 0 Å². The molecule has 0 aromatic heterocycles. The molecule has 3 saturated heterocycles. The smallest absolute Gasteiger partial charge is 0.391 e. The molecule has 3 N–H and O–H groups in total. The van der Waals surface area contributed by atoms with Crippen LogP contribution in [-0.4, -0.2) is 76.7 Å². The maximum Gasteiger partial charge on any atom is 0.558 e. The van der Waals surface area contributed by atoms with E-state index in [4.69, 9.17) is 37.0 Å². The van der Waals surface area contributed by atoms with Crippen LogP contribution in [0, 0.1) is 35.5 Å². The van der Waals surface area contributed by atoms with Crippen molar-refractivity contribution in [3.05, 3.63) is 0 Å². The van der Waals surface area contributed by atoms with E-state index < -0.39 is 62.4 Å². The van der Waals surface area contributed by atoms with E-state index >= 15 is 0 Å². The molecule has 19 heteroatoms. The van der Waals surface area contributed by atoms with E-state index in [0.29, 0.717) is 6.04 Å². The highest BCUT2D eigenvalue weighted by atomic mass is 28.6. The molecular weight excluding hydrogens is 677 g/mol. The van der Waals surface area contributed by atoms with Crippen LogP contribution in [0.5, 0.6) is 0 Å². The van der Waals surface area contributed by atoms with Crippen molar-refractivity contribution in [1.82, 2.24) is 0 Å². The minimum absolute atomic E-state index is 0.00821. The van der Waals surface area contributed by atoms with E-state index in [1.807, 2.05) is 83.1 Å². The van der Waals surface area contributed by atoms with Gasteiger partial charge in [-0.1, -0.05) is 83.1 Å². The number of hydrogen-bond donors (Lipinski definition) is 3. The van der Waals surface area contributed by atoms with Crippen molar-refractivity contribution in [2.75, 3.05) is 0 Å². The lowest BCUT2D eigenvalue weighted by Crippen LogP contribution is -2.81. The van der Waals surface area contributed by atoms with E-state index in [0.717, 1.165) is 0 Å². The molecule has 0 saturated carbocycles. The third-order valence-corrected chi connectivity index (χ3v) is 36.0. The van der Waals surface area contributed by atoms with Crippen LogP contribution >= 0.6 is 0 Å².